The van der Waals surface area contributed by atoms with Crippen LogP contribution < -0.4 is 16.4 Å². The predicted octanol–water partition coefficient (Wildman–Crippen LogP) is 2.66. The number of nitrogens with two attached hydrogens (primary N) is 1. The molecule has 0 bridgehead atoms. The number of hydrogen-bond donors (Lipinski definition) is 6. The summed E-state index contributed by atoms with van der Waals surface area (Å²) in [5, 5.41) is 28.1. The van der Waals surface area contributed by atoms with Gasteiger partial charge in [0.15, 0.2) is 0 Å². The first-order chi connectivity index (χ1) is 16.7. The first-order valence-electron chi connectivity index (χ1n) is 9.39. The molecule has 2 heterocycles. The van der Waals surface area contributed by atoms with Crippen LogP contribution in [0.15, 0.2) is 42.9 Å². The molecule has 0 saturated carbocycles. The third-order valence-electron chi connectivity index (χ3n) is 3.70. The van der Waals surface area contributed by atoms with Crippen LogP contribution in [0.1, 0.15) is 10.4 Å². The molecule has 0 spiro atoms. The van der Waals surface area contributed by atoms with E-state index in [0.717, 1.165) is 16.6 Å². The van der Waals surface area contributed by atoms with E-state index in [-0.39, 0.29) is 5.91 Å². The van der Waals surface area contributed by atoms with Crippen LogP contribution in [0, 0.1) is 0 Å². The van der Waals surface area contributed by atoms with Crippen molar-refractivity contribution in [3.05, 3.63) is 48.4 Å². The Morgan fingerprint density at radius 1 is 0.972 bits per heavy atom. The fourth-order valence-electron chi connectivity index (χ4n) is 2.14. The first-order valence-corrected chi connectivity index (χ1v) is 9.39. The number of halogens is 6. The number of pyridine rings is 1. The lowest BCUT2D eigenvalue weighted by molar-refractivity contribution is -0.193. The van der Waals surface area contributed by atoms with E-state index in [1.165, 1.54) is 6.20 Å². The zero-order chi connectivity index (χ0) is 27.5. The Morgan fingerprint density at radius 3 is 2.08 bits per heavy atom. The largest absolute Gasteiger partial charge is 0.490 e. The number of fused-ring (bicyclic) bond motifs is 1. The predicted molar refractivity (Wildman–Crippen MR) is 112 cm³/mol. The molecule has 196 valence electrons. The van der Waals surface area contributed by atoms with Crippen molar-refractivity contribution in [1.82, 2.24) is 20.5 Å². The topological polar surface area (TPSA) is 183 Å². The number of nitrogens with zero attached hydrogens (tertiary/aromatic N) is 2. The van der Waals surface area contributed by atoms with Crippen molar-refractivity contribution in [3.63, 3.8) is 0 Å². The van der Waals surface area contributed by atoms with E-state index in [9.17, 15) is 31.1 Å². The van der Waals surface area contributed by atoms with Crippen LogP contribution in [0.3, 0.4) is 0 Å². The van der Waals surface area contributed by atoms with Crippen LogP contribution in [-0.2, 0) is 9.59 Å². The Hall–Kier alpha value is -4.41. The number of alkyl halides is 6. The van der Waals surface area contributed by atoms with Crippen LogP contribution in [-0.4, -0.2) is 68.7 Å². The maximum Gasteiger partial charge on any atom is 0.490 e. The van der Waals surface area contributed by atoms with Gasteiger partial charge in [-0.15, -0.1) is 0 Å². The van der Waals surface area contributed by atoms with Gasteiger partial charge in [0.2, 0.25) is 0 Å². The summed E-state index contributed by atoms with van der Waals surface area (Å²) in [4.78, 5) is 33.9. The van der Waals surface area contributed by atoms with Crippen molar-refractivity contribution in [2.24, 2.45) is 5.73 Å². The average molecular weight is 524 g/mol. The molecule has 3 rings (SSSR count). The molecule has 1 amide bonds. The molecule has 0 aliphatic rings. The first kappa shape index (κ1) is 29.6. The highest BCUT2D eigenvalue weighted by Crippen LogP contribution is 2.23. The van der Waals surface area contributed by atoms with Crippen LogP contribution in [0.5, 0.6) is 0 Å². The van der Waals surface area contributed by atoms with Gasteiger partial charge in [-0.3, -0.25) is 14.9 Å². The van der Waals surface area contributed by atoms with E-state index >= 15 is 0 Å². The summed E-state index contributed by atoms with van der Waals surface area (Å²) in [6.07, 6.45) is -5.25. The van der Waals surface area contributed by atoms with E-state index in [2.05, 4.69) is 25.8 Å². The molecule has 0 saturated heterocycles. The number of carbonyl (C=O) groups is 3. The normalized spacial score (nSPS) is 10.9. The molecule has 0 atom stereocenters. The standard InChI is InChI=1S/C15H16N6O.2C2HF3O2/c16-4-6-18-15(22)12-9-17-5-3-14(12)20-11-1-2-13-10(7-11)8-19-21-13;2*3-2(4,5)1(6)7/h1-3,5,7-9H,4,6,16H2,(H,17,20)(H,18,22)(H,19,21);2*(H,6,7). The molecule has 3 aromatic rings. The number of carboxylic acid groups (broad SMARTS) is 2. The zero-order valence-corrected chi connectivity index (χ0v) is 17.8. The summed E-state index contributed by atoms with van der Waals surface area (Å²) < 4.78 is 63.5. The van der Waals surface area contributed by atoms with Gasteiger partial charge in [-0.25, -0.2) is 9.59 Å². The van der Waals surface area contributed by atoms with Crippen molar-refractivity contribution in [2.45, 2.75) is 12.4 Å². The number of anilines is 2. The van der Waals surface area contributed by atoms with Gasteiger partial charge < -0.3 is 26.6 Å². The molecular weight excluding hydrogens is 506 g/mol. The summed E-state index contributed by atoms with van der Waals surface area (Å²) in [6.45, 7) is 0.820. The van der Waals surface area contributed by atoms with Gasteiger partial charge in [-0.1, -0.05) is 0 Å². The molecule has 1 aromatic carbocycles. The minimum Gasteiger partial charge on any atom is -0.475 e. The smallest absolute Gasteiger partial charge is 0.475 e. The van der Waals surface area contributed by atoms with Crippen LogP contribution in [0.25, 0.3) is 10.9 Å². The second-order valence-corrected chi connectivity index (χ2v) is 6.37. The van der Waals surface area contributed by atoms with E-state index in [1.807, 2.05) is 18.2 Å². The van der Waals surface area contributed by atoms with Crippen LogP contribution in [0.4, 0.5) is 37.7 Å². The molecule has 36 heavy (non-hydrogen) atoms. The Balaban J connectivity index is 0.000000383. The fourth-order valence-corrected chi connectivity index (χ4v) is 2.14. The van der Waals surface area contributed by atoms with E-state index in [4.69, 9.17) is 25.5 Å². The monoisotopic (exact) mass is 524 g/mol. The summed E-state index contributed by atoms with van der Waals surface area (Å²) in [5.74, 6) is -5.72. The number of nitrogens with one attached hydrogen (secondary N) is 3. The molecule has 0 aliphatic heterocycles. The molecule has 0 aliphatic carbocycles. The lowest BCUT2D eigenvalue weighted by atomic mass is 10.2. The number of amides is 1. The Morgan fingerprint density at radius 2 is 1.56 bits per heavy atom. The highest BCUT2D eigenvalue weighted by molar-refractivity contribution is 6.00. The van der Waals surface area contributed by atoms with E-state index < -0.39 is 24.3 Å². The highest BCUT2D eigenvalue weighted by atomic mass is 19.4. The molecule has 0 radical (unpaired) electrons. The maximum absolute atomic E-state index is 12.1. The third-order valence-corrected chi connectivity index (χ3v) is 3.70. The molecule has 0 unspecified atom stereocenters. The van der Waals surface area contributed by atoms with Gasteiger partial charge in [0, 0.05) is 36.6 Å². The molecular formula is C19H18F6N6O5. The molecule has 0 fully saturated rings. The number of carboxylic acids is 2. The number of carbonyl (C=O) groups excluding carboxylic acids is 1. The average Bonchev–Trinajstić information content (AvgIpc) is 3.25. The Labute approximate surface area is 197 Å². The SMILES string of the molecule is NCCNC(=O)c1cnccc1Nc1ccc2[nH]ncc2c1.O=C(O)C(F)(F)F.O=C(O)C(F)(F)F. The number of hydrogen-bond acceptors (Lipinski definition) is 7. The van der Waals surface area contributed by atoms with Gasteiger partial charge >= 0.3 is 24.3 Å². The summed E-state index contributed by atoms with van der Waals surface area (Å²) in [5.41, 5.74) is 8.39. The number of aromatic amines is 1. The van der Waals surface area contributed by atoms with Crippen molar-refractivity contribution in [1.29, 1.82) is 0 Å². The summed E-state index contributed by atoms with van der Waals surface area (Å²) >= 11 is 0. The number of aliphatic carboxylic acids is 2. The van der Waals surface area contributed by atoms with Crippen LogP contribution in [0.2, 0.25) is 0 Å². The van der Waals surface area contributed by atoms with Crippen molar-refractivity contribution in [3.8, 4) is 0 Å². The highest BCUT2D eigenvalue weighted by Gasteiger charge is 2.38. The fraction of sp³-hybridized carbons (Fsp3) is 0.211. The van der Waals surface area contributed by atoms with Gasteiger partial charge in [0.25, 0.3) is 5.91 Å². The van der Waals surface area contributed by atoms with Crippen molar-refractivity contribution < 1.29 is 50.9 Å². The Kier molecular flexibility index (Phi) is 10.6. The van der Waals surface area contributed by atoms with Gasteiger partial charge in [0.05, 0.1) is 23.0 Å². The Bertz CT molecular complexity index is 1160. The second-order valence-electron chi connectivity index (χ2n) is 6.37. The molecule has 11 nitrogen and oxygen atoms in total. The van der Waals surface area contributed by atoms with Crippen molar-refractivity contribution >= 4 is 40.1 Å². The van der Waals surface area contributed by atoms with Gasteiger partial charge in [0.1, 0.15) is 0 Å². The summed E-state index contributed by atoms with van der Waals surface area (Å²) in [6, 6.07) is 7.57. The number of H-pyrrole nitrogens is 1. The zero-order valence-electron chi connectivity index (χ0n) is 17.8. The number of aromatic nitrogens is 3. The van der Waals surface area contributed by atoms with Gasteiger partial charge in [-0.05, 0) is 24.3 Å². The lowest BCUT2D eigenvalue weighted by Crippen LogP contribution is -2.29. The second kappa shape index (κ2) is 12.9. The quantitative estimate of drug-likeness (QED) is 0.273. The maximum atomic E-state index is 12.1. The van der Waals surface area contributed by atoms with E-state index in [1.54, 1.807) is 18.5 Å². The minimum absolute atomic E-state index is 0.203. The molecule has 2 aromatic heterocycles. The van der Waals surface area contributed by atoms with Crippen molar-refractivity contribution in [2.75, 3.05) is 18.4 Å². The number of rotatable bonds is 5. The van der Waals surface area contributed by atoms with Crippen LogP contribution >= 0.6 is 0 Å². The van der Waals surface area contributed by atoms with E-state index in [0.29, 0.717) is 24.3 Å². The minimum atomic E-state index is -5.08. The third kappa shape index (κ3) is 9.84. The molecule has 7 N–H and O–H groups in total. The van der Waals surface area contributed by atoms with Gasteiger partial charge in [-0.2, -0.15) is 31.4 Å². The number of benzene rings is 1. The molecule has 17 heteroatoms. The summed E-state index contributed by atoms with van der Waals surface area (Å²) in [7, 11) is 0. The lowest BCUT2D eigenvalue weighted by Gasteiger charge is -2.11.